The lowest BCUT2D eigenvalue weighted by atomic mass is 10.1. The van der Waals surface area contributed by atoms with Gasteiger partial charge in [0.15, 0.2) is 0 Å². The summed E-state index contributed by atoms with van der Waals surface area (Å²) in [6, 6.07) is 17.7. The summed E-state index contributed by atoms with van der Waals surface area (Å²) in [6.45, 7) is 0.570. The largest absolute Gasteiger partial charge is 0.342 e. The number of epoxide rings is 1. The average molecular weight is 229 g/mol. The summed E-state index contributed by atoms with van der Waals surface area (Å²) >= 11 is 4.63. The Morgan fingerprint density at radius 3 is 2.00 bits per heavy atom. The molecule has 1 aromatic carbocycles. The first-order valence-electron chi connectivity index (χ1n) is 4.99. The minimum absolute atomic E-state index is 0.570. The van der Waals surface area contributed by atoms with Gasteiger partial charge in [-0.2, -0.15) is 4.99 Å². The second-order valence-corrected chi connectivity index (χ2v) is 3.59. The van der Waals surface area contributed by atoms with E-state index in [2.05, 4.69) is 22.4 Å². The molecule has 16 heavy (non-hydrogen) atoms. The molecular formula is C13H11NOS. The first-order valence-corrected chi connectivity index (χ1v) is 5.40. The van der Waals surface area contributed by atoms with Gasteiger partial charge in [0.2, 0.25) is 5.72 Å². The summed E-state index contributed by atoms with van der Waals surface area (Å²) in [5.74, 6) is 0. The second kappa shape index (κ2) is 4.99. The van der Waals surface area contributed by atoms with E-state index in [-0.39, 0.29) is 0 Å². The number of ether oxygens (including phenoxy) is 1. The Morgan fingerprint density at radius 2 is 1.56 bits per heavy atom. The maximum atomic E-state index is 5.35. The van der Waals surface area contributed by atoms with Crippen LogP contribution >= 0.6 is 12.2 Å². The molecular weight excluding hydrogens is 218 g/mol. The van der Waals surface area contributed by atoms with Crippen LogP contribution in [-0.4, -0.2) is 11.8 Å². The average Bonchev–Trinajstić information content (AvgIpc) is 3.07. The zero-order valence-corrected chi connectivity index (χ0v) is 9.48. The third-order valence-electron chi connectivity index (χ3n) is 2.31. The number of isothiocyanates is 1. The van der Waals surface area contributed by atoms with Crippen LogP contribution in [0.25, 0.3) is 0 Å². The molecule has 2 nitrogen and oxygen atoms in total. The summed E-state index contributed by atoms with van der Waals surface area (Å²) in [5.41, 5.74) is 0.403. The summed E-state index contributed by atoms with van der Waals surface area (Å²) < 4.78 is 5.35. The Kier molecular flexibility index (Phi) is 3.42. The van der Waals surface area contributed by atoms with Crippen molar-refractivity contribution >= 4 is 17.4 Å². The molecule has 0 amide bonds. The van der Waals surface area contributed by atoms with Crippen molar-refractivity contribution in [2.24, 2.45) is 4.99 Å². The van der Waals surface area contributed by atoms with Gasteiger partial charge in [-0.05, 0) is 12.2 Å². The fourth-order valence-electron chi connectivity index (χ4n) is 1.39. The van der Waals surface area contributed by atoms with E-state index >= 15 is 0 Å². The van der Waals surface area contributed by atoms with Crippen LogP contribution < -0.4 is 0 Å². The number of hydrogen-bond acceptors (Lipinski definition) is 3. The zero-order valence-electron chi connectivity index (χ0n) is 8.67. The predicted molar refractivity (Wildman–Crippen MR) is 66.7 cm³/mol. The molecule has 0 aromatic heterocycles. The SMILES string of the molecule is S=C=NC1(c2ccccccccc2)CO1. The van der Waals surface area contributed by atoms with Crippen LogP contribution in [0.2, 0.25) is 0 Å². The third kappa shape index (κ3) is 2.52. The van der Waals surface area contributed by atoms with Gasteiger partial charge in [0.25, 0.3) is 0 Å². The zero-order chi connectivity index (χ0) is 11.3. The van der Waals surface area contributed by atoms with Crippen LogP contribution in [-0.2, 0) is 10.5 Å². The minimum Gasteiger partial charge on any atom is -0.342 e. The van der Waals surface area contributed by atoms with Gasteiger partial charge in [-0.25, -0.2) is 0 Å². The molecule has 3 heteroatoms. The molecule has 0 saturated carbocycles. The highest BCUT2D eigenvalue weighted by atomic mass is 32.1. The molecule has 80 valence electrons. The molecule has 0 N–H and O–H groups in total. The van der Waals surface area contributed by atoms with Crippen LogP contribution in [0.4, 0.5) is 0 Å². The molecule has 1 saturated heterocycles. The number of aliphatic imine (C=N–C) groups is 1. The molecule has 1 unspecified atom stereocenters. The Morgan fingerprint density at radius 1 is 1.06 bits per heavy atom. The van der Waals surface area contributed by atoms with E-state index in [0.717, 1.165) is 5.56 Å². The van der Waals surface area contributed by atoms with Crippen molar-refractivity contribution in [3.63, 3.8) is 0 Å². The normalized spacial score (nSPS) is 21.5. The van der Waals surface area contributed by atoms with E-state index in [1.807, 2.05) is 54.6 Å². The van der Waals surface area contributed by atoms with E-state index in [9.17, 15) is 0 Å². The van der Waals surface area contributed by atoms with Crippen molar-refractivity contribution in [2.45, 2.75) is 5.72 Å². The van der Waals surface area contributed by atoms with Crippen LogP contribution in [0.3, 0.4) is 0 Å². The fraction of sp³-hybridized carbons (Fsp3) is 0.154. The van der Waals surface area contributed by atoms with E-state index in [1.54, 1.807) is 0 Å². The standard InChI is InChI=1S/C13H11NOS/c16-11-14-13(10-15-13)12-8-6-4-2-1-3-5-7-9-12/h1-9H,10H2. The quantitative estimate of drug-likeness (QED) is 0.442. The summed E-state index contributed by atoms with van der Waals surface area (Å²) in [7, 11) is 0. The lowest BCUT2D eigenvalue weighted by molar-refractivity contribution is 0.320. The molecule has 1 aromatic rings. The minimum atomic E-state index is -0.584. The van der Waals surface area contributed by atoms with Gasteiger partial charge >= 0.3 is 0 Å². The van der Waals surface area contributed by atoms with E-state index in [1.165, 1.54) is 0 Å². The summed E-state index contributed by atoms with van der Waals surface area (Å²) in [6.07, 6.45) is 0. The second-order valence-electron chi connectivity index (χ2n) is 3.41. The van der Waals surface area contributed by atoms with E-state index in [4.69, 9.17) is 4.74 Å². The van der Waals surface area contributed by atoms with Crippen molar-refractivity contribution in [3.05, 3.63) is 60.2 Å². The molecule has 1 fully saturated rings. The van der Waals surface area contributed by atoms with Crippen molar-refractivity contribution in [1.82, 2.24) is 0 Å². The summed E-state index contributed by atoms with van der Waals surface area (Å²) in [4.78, 5) is 4.06. The monoisotopic (exact) mass is 229 g/mol. The van der Waals surface area contributed by atoms with Crippen LogP contribution in [0, 0.1) is 0 Å². The van der Waals surface area contributed by atoms with Crippen molar-refractivity contribution in [1.29, 1.82) is 0 Å². The van der Waals surface area contributed by atoms with Crippen molar-refractivity contribution in [2.75, 3.05) is 6.61 Å². The third-order valence-corrected chi connectivity index (χ3v) is 2.40. The lowest BCUT2D eigenvalue weighted by Gasteiger charge is -2.01. The maximum absolute atomic E-state index is 5.35. The molecule has 0 radical (unpaired) electrons. The highest BCUT2D eigenvalue weighted by Crippen LogP contribution is 2.39. The number of rotatable bonds is 2. The molecule has 0 spiro atoms. The number of nitrogens with zero attached hydrogens (tertiary/aromatic N) is 1. The topological polar surface area (TPSA) is 24.9 Å². The Balaban J connectivity index is 2.46. The van der Waals surface area contributed by atoms with Gasteiger partial charge in [0, 0.05) is 5.56 Å². The smallest absolute Gasteiger partial charge is 0.218 e. The Hall–Kier alpha value is -1.54. The first kappa shape index (κ1) is 11.0. The molecule has 1 aliphatic heterocycles. The number of hydrogen-bond donors (Lipinski definition) is 0. The molecule has 1 heterocycles. The molecule has 0 aliphatic carbocycles. The first-order chi connectivity index (χ1) is 7.87. The summed E-state index contributed by atoms with van der Waals surface area (Å²) in [5, 5.41) is 2.38. The Bertz CT molecular complexity index is 450. The number of thiocarbonyl (C=S) groups is 1. The molecule has 2 rings (SSSR count). The molecule has 0 bridgehead atoms. The van der Waals surface area contributed by atoms with Gasteiger partial charge in [0.1, 0.15) is 6.61 Å². The van der Waals surface area contributed by atoms with Crippen molar-refractivity contribution in [3.8, 4) is 0 Å². The van der Waals surface area contributed by atoms with Gasteiger partial charge in [-0.1, -0.05) is 54.6 Å². The van der Waals surface area contributed by atoms with Gasteiger partial charge in [-0.3, -0.25) is 0 Å². The van der Waals surface area contributed by atoms with Crippen LogP contribution in [0.15, 0.2) is 59.6 Å². The van der Waals surface area contributed by atoms with Crippen LogP contribution in [0.5, 0.6) is 0 Å². The van der Waals surface area contributed by atoms with Gasteiger partial charge in [0.05, 0.1) is 5.16 Å². The Labute approximate surface area is 99.9 Å². The highest BCUT2D eigenvalue weighted by molar-refractivity contribution is 7.78. The van der Waals surface area contributed by atoms with E-state index in [0.29, 0.717) is 6.61 Å². The highest BCUT2D eigenvalue weighted by Gasteiger charge is 2.46. The maximum Gasteiger partial charge on any atom is 0.218 e. The van der Waals surface area contributed by atoms with Crippen LogP contribution in [0.1, 0.15) is 5.56 Å². The van der Waals surface area contributed by atoms with Gasteiger partial charge < -0.3 is 4.74 Å². The predicted octanol–water partition coefficient (Wildman–Crippen LogP) is 3.10. The van der Waals surface area contributed by atoms with Gasteiger partial charge in [-0.15, -0.1) is 0 Å². The van der Waals surface area contributed by atoms with E-state index < -0.39 is 5.72 Å². The molecule has 1 atom stereocenters. The van der Waals surface area contributed by atoms with Crippen molar-refractivity contribution < 1.29 is 4.74 Å². The molecule has 1 aliphatic rings. The fourth-order valence-corrected chi connectivity index (χ4v) is 1.54. The lowest BCUT2D eigenvalue weighted by Crippen LogP contribution is -2.02.